The van der Waals surface area contributed by atoms with Gasteiger partial charge in [0.2, 0.25) is 0 Å². The van der Waals surface area contributed by atoms with Crippen molar-refractivity contribution in [2.24, 2.45) is 10.9 Å². The van der Waals surface area contributed by atoms with Crippen molar-refractivity contribution in [1.29, 1.82) is 0 Å². The largest absolute Gasteiger partial charge is 0.466 e. The lowest BCUT2D eigenvalue weighted by Crippen LogP contribution is -2.45. The number of esters is 1. The highest BCUT2D eigenvalue weighted by atomic mass is 127. The third-order valence-corrected chi connectivity index (χ3v) is 5.49. The van der Waals surface area contributed by atoms with Gasteiger partial charge in [0.1, 0.15) is 0 Å². The van der Waals surface area contributed by atoms with E-state index in [-0.39, 0.29) is 35.9 Å². The molecule has 1 heterocycles. The van der Waals surface area contributed by atoms with Crippen molar-refractivity contribution < 1.29 is 9.53 Å². The van der Waals surface area contributed by atoms with E-state index in [9.17, 15) is 4.79 Å². The van der Waals surface area contributed by atoms with Gasteiger partial charge in [-0.2, -0.15) is 0 Å². The molecule has 2 aliphatic rings. The second-order valence-electron chi connectivity index (χ2n) is 7.41. The second-order valence-corrected chi connectivity index (χ2v) is 7.41. The van der Waals surface area contributed by atoms with E-state index in [1.807, 2.05) is 6.92 Å². The Labute approximate surface area is 191 Å². The maximum Gasteiger partial charge on any atom is 0.308 e. The normalized spacial score (nSPS) is 21.4. The minimum absolute atomic E-state index is 0. The quantitative estimate of drug-likeness (QED) is 0.201. The zero-order valence-electron chi connectivity index (χ0n) is 17.4. The number of ether oxygens (including phenoxy) is 1. The molecule has 0 unspecified atom stereocenters. The van der Waals surface area contributed by atoms with E-state index in [4.69, 9.17) is 4.74 Å². The minimum Gasteiger partial charge on any atom is -0.466 e. The van der Waals surface area contributed by atoms with Gasteiger partial charge in [-0.3, -0.25) is 9.79 Å². The van der Waals surface area contributed by atoms with Crippen LogP contribution >= 0.6 is 24.0 Å². The molecule has 1 aromatic carbocycles. The van der Waals surface area contributed by atoms with Crippen molar-refractivity contribution in [3.05, 3.63) is 42.0 Å². The van der Waals surface area contributed by atoms with Crippen LogP contribution in [-0.4, -0.2) is 44.7 Å². The molecule has 0 bridgehead atoms. The van der Waals surface area contributed by atoms with Gasteiger partial charge in [-0.1, -0.05) is 24.3 Å². The molecule has 0 atom stereocenters. The Morgan fingerprint density at radius 1 is 1.14 bits per heavy atom. The molecule has 160 valence electrons. The van der Waals surface area contributed by atoms with Crippen molar-refractivity contribution in [2.45, 2.75) is 45.2 Å². The molecule has 6 nitrogen and oxygen atoms in total. The Hall–Kier alpha value is -1.77. The summed E-state index contributed by atoms with van der Waals surface area (Å²) >= 11 is 0. The molecule has 0 spiro atoms. The molecule has 1 aromatic rings. The Morgan fingerprint density at radius 3 is 2.38 bits per heavy atom. The van der Waals surface area contributed by atoms with Crippen LogP contribution in [0.15, 0.2) is 41.4 Å². The average molecular weight is 512 g/mol. The first kappa shape index (κ1) is 23.5. The van der Waals surface area contributed by atoms with Crippen molar-refractivity contribution >= 4 is 41.6 Å². The summed E-state index contributed by atoms with van der Waals surface area (Å²) in [6.07, 6.45) is 8.07. The Morgan fingerprint density at radius 2 is 1.79 bits per heavy atom. The SMILES string of the molecule is CCOC(=O)C1CCC(NC(=NC)NCc2ccc(N3CC=CC3)cc2)CC1.I. The van der Waals surface area contributed by atoms with E-state index in [1.165, 1.54) is 11.3 Å². The van der Waals surface area contributed by atoms with Gasteiger partial charge in [0, 0.05) is 38.4 Å². The highest BCUT2D eigenvalue weighted by molar-refractivity contribution is 14.0. The molecule has 1 aliphatic carbocycles. The van der Waals surface area contributed by atoms with E-state index in [1.54, 1.807) is 7.05 Å². The number of hydrogen-bond donors (Lipinski definition) is 2. The van der Waals surface area contributed by atoms with Crippen LogP contribution in [0.25, 0.3) is 0 Å². The number of guanidine groups is 1. The number of rotatable bonds is 6. The fourth-order valence-electron chi connectivity index (χ4n) is 3.82. The van der Waals surface area contributed by atoms with Crippen LogP contribution in [0.4, 0.5) is 5.69 Å². The summed E-state index contributed by atoms with van der Waals surface area (Å²) in [6, 6.07) is 9.03. The Kier molecular flexibility index (Phi) is 9.76. The first-order valence-corrected chi connectivity index (χ1v) is 10.3. The van der Waals surface area contributed by atoms with E-state index < -0.39 is 0 Å². The molecule has 3 rings (SSSR count). The lowest BCUT2D eigenvalue weighted by Gasteiger charge is -2.29. The number of benzene rings is 1. The molecular weight excluding hydrogens is 479 g/mol. The smallest absolute Gasteiger partial charge is 0.308 e. The lowest BCUT2D eigenvalue weighted by atomic mass is 9.86. The molecule has 1 aliphatic heterocycles. The molecule has 0 amide bonds. The standard InChI is InChI=1S/C22H32N4O2.HI/c1-3-28-21(27)18-8-10-19(11-9-18)25-22(23-2)24-16-17-6-12-20(13-7-17)26-14-4-5-15-26;/h4-7,12-13,18-19H,3,8-11,14-16H2,1-2H3,(H2,23,24,25);1H. The van der Waals surface area contributed by atoms with Gasteiger partial charge < -0.3 is 20.3 Å². The van der Waals surface area contributed by atoms with Gasteiger partial charge in [-0.25, -0.2) is 0 Å². The summed E-state index contributed by atoms with van der Waals surface area (Å²) in [6.45, 7) is 5.04. The molecule has 0 aromatic heterocycles. The lowest BCUT2D eigenvalue weighted by molar-refractivity contribution is -0.149. The Balaban J connectivity index is 0.00000300. The highest BCUT2D eigenvalue weighted by Gasteiger charge is 2.27. The minimum atomic E-state index is -0.0448. The molecule has 1 fully saturated rings. The average Bonchev–Trinajstić information content (AvgIpc) is 3.27. The predicted molar refractivity (Wildman–Crippen MR) is 129 cm³/mol. The number of hydrogen-bond acceptors (Lipinski definition) is 4. The number of nitrogens with zero attached hydrogens (tertiary/aromatic N) is 2. The molecule has 7 heteroatoms. The summed E-state index contributed by atoms with van der Waals surface area (Å²) < 4.78 is 5.15. The van der Waals surface area contributed by atoms with Crippen LogP contribution in [0.1, 0.15) is 38.2 Å². The van der Waals surface area contributed by atoms with Crippen LogP contribution in [0.2, 0.25) is 0 Å². The topological polar surface area (TPSA) is 66.0 Å². The van der Waals surface area contributed by atoms with Gasteiger partial charge >= 0.3 is 5.97 Å². The van der Waals surface area contributed by atoms with Crippen LogP contribution in [0, 0.1) is 5.92 Å². The summed E-state index contributed by atoms with van der Waals surface area (Å²) in [5.74, 6) is 0.821. The number of aliphatic imine (C=N–C) groups is 1. The third kappa shape index (κ3) is 6.90. The van der Waals surface area contributed by atoms with E-state index >= 15 is 0 Å². The van der Waals surface area contributed by atoms with Gasteiger partial charge in [-0.15, -0.1) is 24.0 Å². The second kappa shape index (κ2) is 12.0. The van der Waals surface area contributed by atoms with E-state index in [0.29, 0.717) is 12.6 Å². The van der Waals surface area contributed by atoms with Crippen molar-refractivity contribution in [3.8, 4) is 0 Å². The molecule has 2 N–H and O–H groups in total. The number of halogens is 1. The van der Waals surface area contributed by atoms with Crippen molar-refractivity contribution in [1.82, 2.24) is 10.6 Å². The molecular formula is C22H33IN4O2. The molecule has 0 radical (unpaired) electrons. The van der Waals surface area contributed by atoms with Gasteiger partial charge in [0.25, 0.3) is 0 Å². The van der Waals surface area contributed by atoms with Gasteiger partial charge in [0.15, 0.2) is 5.96 Å². The third-order valence-electron chi connectivity index (χ3n) is 5.49. The van der Waals surface area contributed by atoms with Crippen LogP contribution in [0.5, 0.6) is 0 Å². The van der Waals surface area contributed by atoms with Crippen LogP contribution < -0.4 is 15.5 Å². The molecule has 1 saturated carbocycles. The van der Waals surface area contributed by atoms with Crippen molar-refractivity contribution in [3.63, 3.8) is 0 Å². The Bertz CT molecular complexity index is 689. The number of carbonyl (C=O) groups is 1. The number of anilines is 1. The summed E-state index contributed by atoms with van der Waals surface area (Å²) in [4.78, 5) is 18.6. The highest BCUT2D eigenvalue weighted by Crippen LogP contribution is 2.25. The maximum absolute atomic E-state index is 11.9. The van der Waals surface area contributed by atoms with Crippen molar-refractivity contribution in [2.75, 3.05) is 31.6 Å². The monoisotopic (exact) mass is 512 g/mol. The predicted octanol–water partition coefficient (Wildman–Crippen LogP) is 3.47. The zero-order chi connectivity index (χ0) is 19.8. The summed E-state index contributed by atoms with van der Waals surface area (Å²) in [7, 11) is 1.79. The number of nitrogens with one attached hydrogen (secondary N) is 2. The molecule has 29 heavy (non-hydrogen) atoms. The first-order valence-electron chi connectivity index (χ1n) is 10.3. The van der Waals surface area contributed by atoms with E-state index in [0.717, 1.165) is 51.3 Å². The fraction of sp³-hybridized carbons (Fsp3) is 0.545. The number of carbonyl (C=O) groups excluding carboxylic acids is 1. The first-order chi connectivity index (χ1) is 13.7. The van der Waals surface area contributed by atoms with Gasteiger partial charge in [0.05, 0.1) is 12.5 Å². The molecule has 0 saturated heterocycles. The van der Waals surface area contributed by atoms with E-state index in [2.05, 4.69) is 56.9 Å². The van der Waals surface area contributed by atoms with Gasteiger partial charge in [-0.05, 0) is 50.3 Å². The maximum atomic E-state index is 11.9. The van der Waals surface area contributed by atoms with Crippen LogP contribution in [-0.2, 0) is 16.1 Å². The zero-order valence-corrected chi connectivity index (χ0v) is 19.7. The summed E-state index contributed by atoms with van der Waals surface area (Å²) in [5.41, 5.74) is 2.49. The summed E-state index contributed by atoms with van der Waals surface area (Å²) in [5, 5.41) is 6.89. The fourth-order valence-corrected chi connectivity index (χ4v) is 3.82. The van der Waals surface area contributed by atoms with Crippen LogP contribution in [0.3, 0.4) is 0 Å².